The van der Waals surface area contributed by atoms with Crippen LogP contribution in [0.5, 0.6) is 0 Å². The van der Waals surface area contributed by atoms with Crippen molar-refractivity contribution in [3.63, 3.8) is 0 Å². The average Bonchev–Trinajstić information content (AvgIpc) is 3.13. The second-order valence-electron chi connectivity index (χ2n) is 10.1. The van der Waals surface area contributed by atoms with Crippen molar-refractivity contribution in [2.45, 2.75) is 32.4 Å². The lowest BCUT2D eigenvalue weighted by atomic mass is 9.94. The summed E-state index contributed by atoms with van der Waals surface area (Å²) in [6.07, 6.45) is 3.12. The van der Waals surface area contributed by atoms with Gasteiger partial charge in [-0.2, -0.15) is 0 Å². The molecule has 0 unspecified atom stereocenters. The van der Waals surface area contributed by atoms with Crippen LogP contribution in [0.2, 0.25) is 13.1 Å². The number of anilines is 2. The Morgan fingerprint density at radius 1 is 0.971 bits per heavy atom. The fraction of sp³-hybridized carbons (Fsp3) is 0.370. The van der Waals surface area contributed by atoms with E-state index in [1.807, 2.05) is 13.3 Å². The number of benzene rings is 2. The number of carbonyl (C=O) groups excluding carboxylic acids is 1. The van der Waals surface area contributed by atoms with E-state index >= 15 is 0 Å². The molecule has 0 aromatic heterocycles. The highest BCUT2D eigenvalue weighted by molar-refractivity contribution is 7.02. The van der Waals surface area contributed by atoms with E-state index in [2.05, 4.69) is 97.1 Å². The third kappa shape index (κ3) is 4.09. The van der Waals surface area contributed by atoms with Crippen LogP contribution in [0.15, 0.2) is 47.1 Å². The van der Waals surface area contributed by atoms with E-state index in [9.17, 15) is 9.90 Å². The summed E-state index contributed by atoms with van der Waals surface area (Å²) in [4.78, 5) is 19.9. The topological polar surface area (TPSA) is 62.0 Å². The summed E-state index contributed by atoms with van der Waals surface area (Å²) in [5.74, 6) is -0.122. The molecule has 7 heteroatoms. The molecule has 0 spiro atoms. The van der Waals surface area contributed by atoms with E-state index in [0.717, 1.165) is 11.5 Å². The van der Waals surface area contributed by atoms with Crippen LogP contribution in [0.3, 0.4) is 0 Å². The Morgan fingerprint density at radius 3 is 1.97 bits per heavy atom. The van der Waals surface area contributed by atoms with Gasteiger partial charge in [-0.25, -0.2) is 4.58 Å². The van der Waals surface area contributed by atoms with Gasteiger partial charge in [0.1, 0.15) is 8.07 Å². The van der Waals surface area contributed by atoms with E-state index in [0.29, 0.717) is 12.8 Å². The molecule has 2 heterocycles. The first kappa shape index (κ1) is 23.9. The molecule has 34 heavy (non-hydrogen) atoms. The lowest BCUT2D eigenvalue weighted by Gasteiger charge is -2.36. The molecule has 0 fully saturated rings. The van der Waals surface area contributed by atoms with Gasteiger partial charge in [0.05, 0.1) is 13.5 Å². The highest BCUT2D eigenvalue weighted by atomic mass is 28.3. The first-order valence-electron chi connectivity index (χ1n) is 11.7. The number of aliphatic imine (C=N–C) groups is 1. The molecule has 0 radical (unpaired) electrons. The lowest BCUT2D eigenvalue weighted by Crippen LogP contribution is -2.58. The van der Waals surface area contributed by atoms with Gasteiger partial charge in [-0.05, 0) is 63.6 Å². The van der Waals surface area contributed by atoms with Crippen molar-refractivity contribution in [2.24, 2.45) is 4.99 Å². The van der Waals surface area contributed by atoms with Gasteiger partial charge in [0.15, 0.2) is 11.9 Å². The van der Waals surface area contributed by atoms with Crippen molar-refractivity contribution in [3.05, 3.63) is 53.2 Å². The number of fused-ring (bicyclic) bond motifs is 2. The number of carboxylic acid groups (broad SMARTS) is 1. The van der Waals surface area contributed by atoms with Gasteiger partial charge in [0.25, 0.3) is 5.84 Å². The molecule has 0 N–H and O–H groups in total. The summed E-state index contributed by atoms with van der Waals surface area (Å²) in [6.45, 7) is 4.88. The second kappa shape index (κ2) is 8.87. The number of hydrogen-bond acceptors (Lipinski definition) is 5. The molecule has 2 aromatic rings. The highest BCUT2D eigenvalue weighted by Crippen LogP contribution is 2.35. The van der Waals surface area contributed by atoms with Gasteiger partial charge < -0.3 is 19.7 Å². The zero-order chi connectivity index (χ0) is 24.8. The molecule has 178 valence electrons. The molecule has 0 saturated heterocycles. The standard InChI is InChI=1S/C27H34N4O2Si/c1-29(2)18-11-13-20-23(15-18)34(6,7)24-16-19(30(3)4)12-14-21(24)27(20)22-17-28-25(31(22)5)9-8-10-26(32)33/h11-17H,8-10H2,1-7H3. The Labute approximate surface area is 203 Å². The van der Waals surface area contributed by atoms with Crippen LogP contribution in [-0.2, 0) is 4.79 Å². The molecule has 0 saturated carbocycles. The Bertz CT molecular complexity index is 1190. The Hall–Kier alpha value is -3.19. The van der Waals surface area contributed by atoms with Crippen molar-refractivity contribution in [1.82, 2.24) is 0 Å². The molecular weight excluding hydrogens is 440 g/mol. The number of nitrogens with zero attached hydrogens (tertiary/aromatic N) is 4. The second-order valence-corrected chi connectivity index (χ2v) is 14.4. The summed E-state index contributed by atoms with van der Waals surface area (Å²) < 4.78 is 2.12. The van der Waals surface area contributed by atoms with Crippen molar-refractivity contribution in [3.8, 4) is 0 Å². The summed E-state index contributed by atoms with van der Waals surface area (Å²) in [5.41, 5.74) is 7.23. The van der Waals surface area contributed by atoms with E-state index < -0.39 is 14.0 Å². The van der Waals surface area contributed by atoms with Gasteiger partial charge in [-0.15, -0.1) is 0 Å². The molecule has 2 aliphatic heterocycles. The zero-order valence-corrected chi connectivity index (χ0v) is 22.3. The predicted octanol–water partition coefficient (Wildman–Crippen LogP) is 1.76. The molecule has 0 bridgehead atoms. The van der Waals surface area contributed by atoms with Crippen LogP contribution >= 0.6 is 0 Å². The van der Waals surface area contributed by atoms with E-state index in [4.69, 9.17) is 0 Å². The van der Waals surface area contributed by atoms with Crippen LogP contribution in [0.1, 0.15) is 30.4 Å². The van der Waals surface area contributed by atoms with Crippen molar-refractivity contribution < 1.29 is 14.5 Å². The van der Waals surface area contributed by atoms with Crippen LogP contribution < -0.4 is 25.3 Å². The van der Waals surface area contributed by atoms with Gasteiger partial charge in [-0.1, -0.05) is 25.2 Å². The molecule has 0 aliphatic carbocycles. The summed E-state index contributed by atoms with van der Waals surface area (Å²) in [5, 5.41) is 13.7. The van der Waals surface area contributed by atoms with Crippen molar-refractivity contribution >= 4 is 53.4 Å². The minimum absolute atomic E-state index is 0.0465. The van der Waals surface area contributed by atoms with E-state index in [1.165, 1.54) is 38.4 Å². The number of rotatable bonds is 6. The number of carbonyl (C=O) groups is 1. The van der Waals surface area contributed by atoms with Gasteiger partial charge in [-0.3, -0.25) is 0 Å². The van der Waals surface area contributed by atoms with Gasteiger partial charge in [0, 0.05) is 51.1 Å². The predicted molar refractivity (Wildman–Crippen MR) is 143 cm³/mol. The third-order valence-electron chi connectivity index (χ3n) is 7.05. The fourth-order valence-corrected chi connectivity index (χ4v) is 8.03. The minimum atomic E-state index is -1.98. The van der Waals surface area contributed by atoms with Gasteiger partial charge >= 0.3 is 0 Å². The van der Waals surface area contributed by atoms with Crippen LogP contribution in [0.4, 0.5) is 11.4 Å². The fourth-order valence-electron chi connectivity index (χ4n) is 4.96. The molecule has 0 atom stereocenters. The number of carboxylic acids is 1. The Morgan fingerprint density at radius 2 is 1.50 bits per heavy atom. The molecule has 2 aliphatic rings. The maximum atomic E-state index is 10.9. The molecular formula is C27H34N4O2Si. The number of hydrogen-bond donors (Lipinski definition) is 0. The largest absolute Gasteiger partial charge is 0.550 e. The molecule has 0 amide bonds. The lowest BCUT2D eigenvalue weighted by molar-refractivity contribution is -0.431. The molecule has 2 aromatic carbocycles. The monoisotopic (exact) mass is 474 g/mol. The first-order chi connectivity index (χ1) is 16.0. The maximum absolute atomic E-state index is 10.9. The SMILES string of the molecule is CN(C)c1ccc2c(c1)[Si](C)(C)c1cc(N(C)C)ccc1C2=C1C=NC(CCCC(=O)[O-])=[N+]1C. The molecule has 4 rings (SSSR count). The van der Waals surface area contributed by atoms with Crippen LogP contribution in [-0.4, -0.2) is 65.9 Å². The van der Waals surface area contributed by atoms with Crippen molar-refractivity contribution in [2.75, 3.05) is 45.0 Å². The smallest absolute Gasteiger partial charge is 0.298 e. The third-order valence-corrected chi connectivity index (χ3v) is 10.6. The minimum Gasteiger partial charge on any atom is -0.550 e. The number of amidine groups is 1. The summed E-state index contributed by atoms with van der Waals surface area (Å²) in [6, 6.07) is 13.6. The summed E-state index contributed by atoms with van der Waals surface area (Å²) in [7, 11) is 8.39. The molecule has 6 nitrogen and oxygen atoms in total. The normalized spacial score (nSPS) is 16.0. The number of allylic oxidation sites excluding steroid dienone is 1. The quantitative estimate of drug-likeness (QED) is 0.473. The first-order valence-corrected chi connectivity index (χ1v) is 14.7. The van der Waals surface area contributed by atoms with Crippen LogP contribution in [0, 0.1) is 0 Å². The van der Waals surface area contributed by atoms with E-state index in [1.54, 1.807) is 0 Å². The van der Waals surface area contributed by atoms with Gasteiger partial charge in [0.2, 0.25) is 0 Å². The van der Waals surface area contributed by atoms with E-state index in [-0.39, 0.29) is 6.42 Å². The Balaban J connectivity index is 1.95. The highest BCUT2D eigenvalue weighted by Gasteiger charge is 2.40. The van der Waals surface area contributed by atoms with Crippen LogP contribution in [0.25, 0.3) is 5.57 Å². The maximum Gasteiger partial charge on any atom is 0.298 e. The zero-order valence-electron chi connectivity index (χ0n) is 21.3. The average molecular weight is 475 g/mol. The number of aliphatic carboxylic acids is 1. The summed E-state index contributed by atoms with van der Waals surface area (Å²) >= 11 is 0. The Kier molecular flexibility index (Phi) is 6.25. The van der Waals surface area contributed by atoms with Crippen molar-refractivity contribution in [1.29, 1.82) is 0 Å².